The lowest BCUT2D eigenvalue weighted by molar-refractivity contribution is -0.111. The van der Waals surface area contributed by atoms with Crippen LogP contribution in [0.1, 0.15) is 10.4 Å². The molecule has 4 radical (unpaired) electrons. The smallest absolute Gasteiger partial charge is 0.258 e. The van der Waals surface area contributed by atoms with E-state index in [0.717, 1.165) is 10.4 Å². The number of thiazole rings is 1. The molecule has 0 aliphatic carbocycles. The quantitative estimate of drug-likeness (QED) is 0.586. The molecule has 0 atom stereocenters. The van der Waals surface area contributed by atoms with Gasteiger partial charge in [0.05, 0.1) is 0 Å². The zero-order valence-electron chi connectivity index (χ0n) is 12.0. The molecule has 0 saturated heterocycles. The molecule has 23 heavy (non-hydrogen) atoms. The van der Waals surface area contributed by atoms with Crippen LogP contribution in [0.15, 0.2) is 48.0 Å². The number of amides is 1. The maximum atomic E-state index is 12.7. The maximum absolute atomic E-state index is 12.7. The molecule has 3 aromatic rings. The van der Waals surface area contributed by atoms with Crippen molar-refractivity contribution in [3.63, 3.8) is 0 Å². The predicted octanol–water partition coefficient (Wildman–Crippen LogP) is 1.97. The second-order valence-corrected chi connectivity index (χ2v) is 6.76. The number of hydrogen-bond acceptors (Lipinski definition) is 4. The molecule has 0 saturated carbocycles. The van der Waals surface area contributed by atoms with Crippen molar-refractivity contribution in [1.29, 1.82) is 0 Å². The summed E-state index contributed by atoms with van der Waals surface area (Å²) in [7, 11) is 11.4. The van der Waals surface area contributed by atoms with Gasteiger partial charge in [0.1, 0.15) is 15.7 Å². The molecule has 3 nitrogen and oxygen atoms in total. The van der Waals surface area contributed by atoms with E-state index in [4.69, 9.17) is 15.7 Å². The van der Waals surface area contributed by atoms with Crippen molar-refractivity contribution in [2.45, 2.75) is 0 Å². The minimum absolute atomic E-state index is 0.238. The summed E-state index contributed by atoms with van der Waals surface area (Å²) in [4.78, 5) is 17.7. The van der Waals surface area contributed by atoms with Crippen molar-refractivity contribution in [3.05, 3.63) is 58.4 Å². The third kappa shape index (κ3) is 4.00. The largest absolute Gasteiger partial charge is 0.298 e. The first-order valence-corrected chi connectivity index (χ1v) is 8.45. The van der Waals surface area contributed by atoms with Crippen molar-refractivity contribution in [2.75, 3.05) is 5.32 Å². The van der Waals surface area contributed by atoms with E-state index in [-0.39, 0.29) is 5.91 Å². The summed E-state index contributed by atoms with van der Waals surface area (Å²) < 4.78 is 0.552. The van der Waals surface area contributed by atoms with Crippen molar-refractivity contribution in [3.8, 4) is 0 Å². The number of carbonyl (C=O) groups is 1. The van der Waals surface area contributed by atoms with Crippen LogP contribution < -0.4 is 15.6 Å². The second kappa shape index (κ2) is 6.98. The van der Waals surface area contributed by atoms with Gasteiger partial charge in [-0.15, -0.1) is 22.7 Å². The molecular weight excluding hydrogens is 322 g/mol. The molecule has 7 heteroatoms. The summed E-state index contributed by atoms with van der Waals surface area (Å²) >= 11 is 2.79. The van der Waals surface area contributed by atoms with Crippen molar-refractivity contribution < 1.29 is 4.79 Å². The highest BCUT2D eigenvalue weighted by molar-refractivity contribution is 7.23. The number of nitrogens with zero attached hydrogens (tertiary/aromatic N) is 1. The van der Waals surface area contributed by atoms with Crippen molar-refractivity contribution in [1.82, 2.24) is 4.98 Å². The Balaban J connectivity index is 1.94. The van der Waals surface area contributed by atoms with Crippen LogP contribution in [-0.2, 0) is 4.79 Å². The van der Waals surface area contributed by atoms with E-state index in [1.54, 1.807) is 23.5 Å². The highest BCUT2D eigenvalue weighted by Crippen LogP contribution is 2.22. The number of thiophene rings is 1. The van der Waals surface area contributed by atoms with Crippen molar-refractivity contribution in [2.24, 2.45) is 0 Å². The molecule has 1 aromatic carbocycles. The fraction of sp³-hybridized carbons (Fsp3) is 0. The summed E-state index contributed by atoms with van der Waals surface area (Å²) in [5.74, 6) is -0.238. The number of hydrogen-bond donors (Lipinski definition) is 1. The van der Waals surface area contributed by atoms with Gasteiger partial charge in [-0.3, -0.25) is 10.1 Å². The number of rotatable bonds is 4. The van der Waals surface area contributed by atoms with E-state index >= 15 is 0 Å². The molecule has 0 aliphatic heterocycles. The van der Waals surface area contributed by atoms with E-state index in [1.165, 1.54) is 17.5 Å². The summed E-state index contributed by atoms with van der Waals surface area (Å²) in [6.07, 6.45) is 3.37. The van der Waals surface area contributed by atoms with Crippen LogP contribution in [0.2, 0.25) is 0 Å². The fourth-order valence-electron chi connectivity index (χ4n) is 1.97. The lowest BCUT2D eigenvalue weighted by atomic mass is 9.93. The monoisotopic (exact) mass is 332 g/mol. The Hall–Kier alpha value is -2.11. The summed E-state index contributed by atoms with van der Waals surface area (Å²) in [6, 6.07) is 11.1. The van der Waals surface area contributed by atoms with Gasteiger partial charge in [0.2, 0.25) is 0 Å². The Morgan fingerprint density at radius 2 is 1.96 bits per heavy atom. The van der Waals surface area contributed by atoms with Gasteiger partial charge in [0.25, 0.3) is 5.91 Å². The molecule has 0 bridgehead atoms. The SMILES string of the molecule is [B]c1ccc(/C(=C\c2cccs2)C(=O)Nc2ncc([B])s2)cc1. The van der Waals surface area contributed by atoms with Gasteiger partial charge in [0.15, 0.2) is 5.13 Å². The molecule has 2 aromatic heterocycles. The summed E-state index contributed by atoms with van der Waals surface area (Å²) in [6.45, 7) is 0. The van der Waals surface area contributed by atoms with E-state index in [0.29, 0.717) is 20.9 Å². The second-order valence-electron chi connectivity index (χ2n) is 4.72. The van der Waals surface area contributed by atoms with Gasteiger partial charge in [-0.05, 0) is 27.9 Å². The lowest BCUT2D eigenvalue weighted by Gasteiger charge is -2.08. The number of nitrogens with one attached hydrogen (secondary N) is 1. The Labute approximate surface area is 144 Å². The van der Waals surface area contributed by atoms with Crippen LogP contribution in [0.3, 0.4) is 0 Å². The van der Waals surface area contributed by atoms with Gasteiger partial charge in [-0.1, -0.05) is 35.8 Å². The Morgan fingerprint density at radius 3 is 2.57 bits per heavy atom. The molecule has 0 unspecified atom stereocenters. The molecule has 2 heterocycles. The van der Waals surface area contributed by atoms with Crippen LogP contribution in [0, 0.1) is 0 Å². The number of aromatic nitrogens is 1. The third-order valence-corrected chi connectivity index (χ3v) is 4.60. The molecule has 108 valence electrons. The van der Waals surface area contributed by atoms with Gasteiger partial charge in [-0.25, -0.2) is 4.98 Å². The Bertz CT molecular complexity index is 839. The maximum Gasteiger partial charge on any atom is 0.258 e. The van der Waals surface area contributed by atoms with Crippen molar-refractivity contribution >= 4 is 71.3 Å². The minimum Gasteiger partial charge on any atom is -0.298 e. The molecule has 0 aliphatic rings. The van der Waals surface area contributed by atoms with E-state index in [9.17, 15) is 4.79 Å². The predicted molar refractivity (Wildman–Crippen MR) is 100 cm³/mol. The number of carbonyl (C=O) groups excluding carboxylic acids is 1. The number of anilines is 1. The highest BCUT2D eigenvalue weighted by atomic mass is 32.1. The molecule has 1 N–H and O–H groups in total. The number of benzene rings is 1. The fourth-order valence-corrected chi connectivity index (χ4v) is 3.20. The van der Waals surface area contributed by atoms with Gasteiger partial charge in [-0.2, -0.15) is 0 Å². The first-order chi connectivity index (χ1) is 11.1. The zero-order valence-corrected chi connectivity index (χ0v) is 13.7. The van der Waals surface area contributed by atoms with Gasteiger partial charge >= 0.3 is 0 Å². The van der Waals surface area contributed by atoms with Crippen LogP contribution in [0.25, 0.3) is 11.6 Å². The van der Waals surface area contributed by atoms with E-state index in [1.807, 2.05) is 35.7 Å². The van der Waals surface area contributed by atoms with Gasteiger partial charge in [0, 0.05) is 16.6 Å². The Kier molecular flexibility index (Phi) is 4.79. The average molecular weight is 332 g/mol. The normalized spacial score (nSPS) is 11.4. The molecule has 1 amide bonds. The topological polar surface area (TPSA) is 42.0 Å². The minimum atomic E-state index is -0.238. The summed E-state index contributed by atoms with van der Waals surface area (Å²) in [5.41, 5.74) is 1.98. The highest BCUT2D eigenvalue weighted by Gasteiger charge is 2.14. The molecular formula is C16H10B2N2OS2. The van der Waals surface area contributed by atoms with Crippen LogP contribution in [-0.4, -0.2) is 26.6 Å². The van der Waals surface area contributed by atoms with Gasteiger partial charge < -0.3 is 0 Å². The third-order valence-electron chi connectivity index (χ3n) is 3.04. The first kappa shape index (κ1) is 15.8. The van der Waals surface area contributed by atoms with E-state index < -0.39 is 0 Å². The molecule has 0 fully saturated rings. The zero-order chi connectivity index (χ0) is 16.2. The summed E-state index contributed by atoms with van der Waals surface area (Å²) in [5, 5.41) is 5.22. The molecule has 3 rings (SSSR count). The average Bonchev–Trinajstić information content (AvgIpc) is 3.17. The first-order valence-electron chi connectivity index (χ1n) is 6.75. The van der Waals surface area contributed by atoms with Crippen LogP contribution >= 0.6 is 22.7 Å². The van der Waals surface area contributed by atoms with Crippen LogP contribution in [0.5, 0.6) is 0 Å². The van der Waals surface area contributed by atoms with E-state index in [2.05, 4.69) is 10.3 Å². The lowest BCUT2D eigenvalue weighted by Crippen LogP contribution is -2.14. The van der Waals surface area contributed by atoms with Crippen LogP contribution in [0.4, 0.5) is 5.13 Å². The molecule has 0 spiro atoms. The Morgan fingerprint density at radius 1 is 1.17 bits per heavy atom. The standard InChI is InChI=1S/C16H10B2N2OS2/c17-11-5-3-10(4-6-11)13(8-12-2-1-7-22-12)15(21)20-16-19-9-14(18)23-16/h1-9H,(H,19,20,21)/b13-8+.